The zero-order valence-corrected chi connectivity index (χ0v) is 23.0. The van der Waals surface area contributed by atoms with E-state index >= 15 is 0 Å². The maximum atomic E-state index is 14.6. The standard InChI is InChI=1S/C23H31BF9NO4S/c1-15-9-11-17(12-10-15)39(35,36)34(6)13-7-8-16(24-37-18(2,3)19(4,5)38-24)14-20(25,26)21(27,28)22(29,30)23(31,32)33/h9-12,16H,7-8,13-14H2,1-6H3. The van der Waals surface area contributed by atoms with Crippen LogP contribution in [0.5, 0.6) is 0 Å². The van der Waals surface area contributed by atoms with Crippen LogP contribution in [0.15, 0.2) is 29.2 Å². The number of nitrogens with zero attached hydrogens (tertiary/aromatic N) is 1. The van der Waals surface area contributed by atoms with Crippen molar-refractivity contribution in [2.45, 2.75) is 99.7 Å². The number of alkyl halides is 9. The smallest absolute Gasteiger partial charge is 0.403 e. The Morgan fingerprint density at radius 2 is 1.33 bits per heavy atom. The van der Waals surface area contributed by atoms with Crippen LogP contribution in [-0.2, 0) is 19.3 Å². The van der Waals surface area contributed by atoms with Crippen molar-refractivity contribution in [1.29, 1.82) is 0 Å². The molecule has 16 heteroatoms. The number of hydrogen-bond donors (Lipinski definition) is 0. The Morgan fingerprint density at radius 3 is 1.77 bits per heavy atom. The van der Waals surface area contributed by atoms with Crippen LogP contribution in [0.3, 0.4) is 0 Å². The topological polar surface area (TPSA) is 55.8 Å². The van der Waals surface area contributed by atoms with E-state index in [9.17, 15) is 47.9 Å². The lowest BCUT2D eigenvalue weighted by Gasteiger charge is -2.35. The highest BCUT2D eigenvalue weighted by molar-refractivity contribution is 7.89. The fourth-order valence-electron chi connectivity index (χ4n) is 3.87. The van der Waals surface area contributed by atoms with Crippen LogP contribution in [-0.4, -0.2) is 68.6 Å². The molecule has 224 valence electrons. The molecule has 1 fully saturated rings. The number of benzene rings is 1. The van der Waals surface area contributed by atoms with Crippen LogP contribution in [0.25, 0.3) is 0 Å². The van der Waals surface area contributed by atoms with E-state index in [-0.39, 0.29) is 17.9 Å². The molecular formula is C23H31BF9NO4S. The van der Waals surface area contributed by atoms with Crippen molar-refractivity contribution in [2.75, 3.05) is 13.6 Å². The van der Waals surface area contributed by atoms with Gasteiger partial charge in [0.15, 0.2) is 0 Å². The fourth-order valence-corrected chi connectivity index (χ4v) is 5.08. The van der Waals surface area contributed by atoms with Gasteiger partial charge in [0.05, 0.1) is 16.1 Å². The molecule has 5 nitrogen and oxygen atoms in total. The van der Waals surface area contributed by atoms with Gasteiger partial charge in [-0.2, -0.15) is 39.5 Å². The van der Waals surface area contributed by atoms with E-state index < -0.39 is 70.9 Å². The van der Waals surface area contributed by atoms with Crippen molar-refractivity contribution in [3.8, 4) is 0 Å². The van der Waals surface area contributed by atoms with Crippen LogP contribution in [0.4, 0.5) is 39.5 Å². The van der Waals surface area contributed by atoms with Gasteiger partial charge in [-0.1, -0.05) is 24.1 Å². The minimum atomic E-state index is -7.02. The molecule has 1 aromatic rings. The third-order valence-electron chi connectivity index (χ3n) is 7.16. The Bertz CT molecular complexity index is 1090. The molecule has 0 bridgehead atoms. The van der Waals surface area contributed by atoms with Gasteiger partial charge in [-0.25, -0.2) is 12.7 Å². The number of hydrogen-bond acceptors (Lipinski definition) is 4. The third-order valence-corrected chi connectivity index (χ3v) is 9.03. The highest BCUT2D eigenvalue weighted by Crippen LogP contribution is 2.56. The van der Waals surface area contributed by atoms with Crippen LogP contribution in [0.1, 0.15) is 52.5 Å². The van der Waals surface area contributed by atoms with E-state index in [4.69, 9.17) is 9.31 Å². The molecule has 0 saturated carbocycles. The predicted octanol–water partition coefficient (Wildman–Crippen LogP) is 6.72. The Balaban J connectivity index is 2.30. The molecule has 1 atom stereocenters. The summed E-state index contributed by atoms with van der Waals surface area (Å²) >= 11 is 0. The summed E-state index contributed by atoms with van der Waals surface area (Å²) in [6.45, 7) is 7.41. The van der Waals surface area contributed by atoms with Crippen molar-refractivity contribution < 1.29 is 57.2 Å². The van der Waals surface area contributed by atoms with E-state index in [1.54, 1.807) is 19.1 Å². The highest BCUT2D eigenvalue weighted by atomic mass is 32.2. The second kappa shape index (κ2) is 10.7. The Labute approximate surface area is 222 Å². The van der Waals surface area contributed by atoms with Crippen molar-refractivity contribution in [3.05, 3.63) is 29.8 Å². The van der Waals surface area contributed by atoms with Crippen molar-refractivity contribution in [1.82, 2.24) is 4.31 Å². The monoisotopic (exact) mass is 599 g/mol. The van der Waals surface area contributed by atoms with Gasteiger partial charge in [-0.3, -0.25) is 0 Å². The van der Waals surface area contributed by atoms with E-state index in [0.29, 0.717) is 0 Å². The summed E-state index contributed by atoms with van der Waals surface area (Å²) in [5, 5.41) is 0. The molecule has 0 aliphatic carbocycles. The van der Waals surface area contributed by atoms with Gasteiger partial charge in [0.1, 0.15) is 0 Å². The molecule has 2 rings (SSSR count). The molecule has 1 aliphatic rings. The van der Waals surface area contributed by atoms with Gasteiger partial charge >= 0.3 is 31.1 Å². The predicted molar refractivity (Wildman–Crippen MR) is 126 cm³/mol. The maximum absolute atomic E-state index is 14.6. The molecule has 1 aliphatic heterocycles. The minimum Gasteiger partial charge on any atom is -0.403 e. The molecule has 1 saturated heterocycles. The molecule has 0 amide bonds. The summed E-state index contributed by atoms with van der Waals surface area (Å²) in [5.74, 6) is -21.4. The molecule has 0 N–H and O–H groups in total. The molecule has 0 spiro atoms. The van der Waals surface area contributed by atoms with Gasteiger partial charge in [0.2, 0.25) is 10.0 Å². The van der Waals surface area contributed by atoms with Gasteiger partial charge in [-0.15, -0.1) is 0 Å². The SMILES string of the molecule is Cc1ccc(S(=O)(=O)N(C)CCCC(CC(F)(F)C(F)(F)C(F)(F)C(F)(F)F)B2OC(C)(C)C(C)(C)O2)cc1. The second-order valence-electron chi connectivity index (χ2n) is 10.7. The minimum absolute atomic E-state index is 0.0707. The number of sulfonamides is 1. The van der Waals surface area contributed by atoms with Crippen molar-refractivity contribution in [2.24, 2.45) is 0 Å². The molecule has 1 unspecified atom stereocenters. The van der Waals surface area contributed by atoms with Gasteiger partial charge < -0.3 is 9.31 Å². The Morgan fingerprint density at radius 1 is 0.872 bits per heavy atom. The lowest BCUT2D eigenvalue weighted by molar-refractivity contribution is -0.396. The molecule has 1 aromatic carbocycles. The van der Waals surface area contributed by atoms with Crippen molar-refractivity contribution >= 4 is 17.1 Å². The van der Waals surface area contributed by atoms with Gasteiger partial charge in [0, 0.05) is 20.0 Å². The second-order valence-corrected chi connectivity index (χ2v) is 12.8. The first-order valence-corrected chi connectivity index (χ1v) is 13.3. The van der Waals surface area contributed by atoms with E-state index in [0.717, 1.165) is 9.87 Å². The average Bonchev–Trinajstić information content (AvgIpc) is 2.98. The molecule has 0 radical (unpaired) electrons. The zero-order valence-electron chi connectivity index (χ0n) is 22.2. The number of aryl methyl sites for hydroxylation is 1. The number of rotatable bonds is 11. The number of halogens is 9. The van der Waals surface area contributed by atoms with E-state index in [1.807, 2.05) is 0 Å². The molecule has 39 heavy (non-hydrogen) atoms. The zero-order chi connectivity index (χ0) is 30.5. The fraction of sp³-hybridized carbons (Fsp3) is 0.739. The van der Waals surface area contributed by atoms with Gasteiger partial charge in [-0.05, 0) is 59.0 Å². The first-order chi connectivity index (χ1) is 17.3. The summed E-state index contributed by atoms with van der Waals surface area (Å²) in [6.07, 6.45) is -9.86. The third kappa shape index (κ3) is 6.53. The summed E-state index contributed by atoms with van der Waals surface area (Å²) in [7, 11) is -4.51. The van der Waals surface area contributed by atoms with E-state index in [1.165, 1.54) is 46.9 Å². The van der Waals surface area contributed by atoms with Crippen LogP contribution in [0.2, 0.25) is 5.82 Å². The first-order valence-electron chi connectivity index (χ1n) is 11.9. The summed E-state index contributed by atoms with van der Waals surface area (Å²) in [5.41, 5.74) is -1.56. The molecule has 0 aromatic heterocycles. The highest BCUT2D eigenvalue weighted by Gasteiger charge is 2.81. The first kappa shape index (κ1) is 33.7. The lowest BCUT2D eigenvalue weighted by atomic mass is 9.65. The Kier molecular flexibility index (Phi) is 9.25. The van der Waals surface area contributed by atoms with Crippen LogP contribution in [0, 0.1) is 6.92 Å². The van der Waals surface area contributed by atoms with Gasteiger partial charge in [0.25, 0.3) is 0 Å². The Hall–Kier alpha value is -1.52. The largest absolute Gasteiger partial charge is 0.461 e. The average molecular weight is 599 g/mol. The van der Waals surface area contributed by atoms with Crippen LogP contribution >= 0.6 is 0 Å². The molecule has 1 heterocycles. The summed E-state index contributed by atoms with van der Waals surface area (Å²) in [6, 6.07) is 5.79. The summed E-state index contributed by atoms with van der Waals surface area (Å²) < 4.78 is 160. The summed E-state index contributed by atoms with van der Waals surface area (Å²) in [4.78, 5) is -0.0707. The quantitative estimate of drug-likeness (QED) is 0.210. The van der Waals surface area contributed by atoms with Crippen LogP contribution < -0.4 is 0 Å². The lowest BCUT2D eigenvalue weighted by Crippen LogP contribution is -2.61. The maximum Gasteiger partial charge on any atom is 0.461 e. The normalized spacial score (nSPS) is 19.5. The van der Waals surface area contributed by atoms with Crippen molar-refractivity contribution in [3.63, 3.8) is 0 Å². The molecular weight excluding hydrogens is 568 g/mol. The van der Waals surface area contributed by atoms with E-state index in [2.05, 4.69) is 0 Å².